The highest BCUT2D eigenvalue weighted by molar-refractivity contribution is 5.90. The third kappa shape index (κ3) is 2.35. The number of benzene rings is 1. The Labute approximate surface area is 72.7 Å². The van der Waals surface area contributed by atoms with E-state index in [1.165, 1.54) is 11.6 Å². The maximum atomic E-state index is 11.0. The smallest absolute Gasteiger partial charge is 0.159 e. The SMILES string of the molecule is C=CC(=O)Cc1cccc(C)c1. The lowest BCUT2D eigenvalue weighted by Crippen LogP contribution is -1.97. The fourth-order valence-corrected chi connectivity index (χ4v) is 1.10. The minimum atomic E-state index is 0.0700. The summed E-state index contributed by atoms with van der Waals surface area (Å²) in [7, 11) is 0. The van der Waals surface area contributed by atoms with E-state index >= 15 is 0 Å². The van der Waals surface area contributed by atoms with Gasteiger partial charge in [0.25, 0.3) is 0 Å². The van der Waals surface area contributed by atoms with E-state index in [4.69, 9.17) is 0 Å². The fraction of sp³-hybridized carbons (Fsp3) is 0.182. The number of rotatable bonds is 3. The van der Waals surface area contributed by atoms with E-state index in [0.29, 0.717) is 6.42 Å². The average Bonchev–Trinajstić information content (AvgIpc) is 2.04. The highest BCUT2D eigenvalue weighted by Crippen LogP contribution is 2.04. The molecule has 0 saturated heterocycles. The minimum absolute atomic E-state index is 0.0700. The summed E-state index contributed by atoms with van der Waals surface area (Å²) in [5, 5.41) is 0. The van der Waals surface area contributed by atoms with E-state index in [0.717, 1.165) is 5.56 Å². The zero-order valence-electron chi connectivity index (χ0n) is 7.21. The van der Waals surface area contributed by atoms with E-state index in [1.807, 2.05) is 31.2 Å². The number of allylic oxidation sites excluding steroid dienone is 1. The Morgan fingerprint density at radius 1 is 1.58 bits per heavy atom. The summed E-state index contributed by atoms with van der Waals surface area (Å²) in [4.78, 5) is 11.0. The summed E-state index contributed by atoms with van der Waals surface area (Å²) in [6.45, 7) is 5.45. The maximum absolute atomic E-state index is 11.0. The lowest BCUT2D eigenvalue weighted by atomic mass is 10.1. The van der Waals surface area contributed by atoms with Crippen LogP contribution in [-0.4, -0.2) is 5.78 Å². The second-order valence-corrected chi connectivity index (χ2v) is 2.84. The third-order valence-corrected chi connectivity index (χ3v) is 1.69. The van der Waals surface area contributed by atoms with E-state index in [-0.39, 0.29) is 5.78 Å². The Morgan fingerprint density at radius 3 is 2.92 bits per heavy atom. The summed E-state index contributed by atoms with van der Waals surface area (Å²) >= 11 is 0. The molecule has 1 aromatic rings. The molecule has 0 aromatic heterocycles. The van der Waals surface area contributed by atoms with Gasteiger partial charge in [-0.15, -0.1) is 0 Å². The molecule has 0 aliphatic heterocycles. The molecule has 0 saturated carbocycles. The standard InChI is InChI=1S/C11H12O/c1-3-11(12)8-10-6-4-5-9(2)7-10/h3-7H,1,8H2,2H3. The predicted octanol–water partition coefficient (Wildman–Crippen LogP) is 2.29. The van der Waals surface area contributed by atoms with Crippen LogP contribution in [0.25, 0.3) is 0 Å². The van der Waals surface area contributed by atoms with Crippen LogP contribution in [0, 0.1) is 6.92 Å². The van der Waals surface area contributed by atoms with Gasteiger partial charge in [0.2, 0.25) is 0 Å². The molecule has 1 aromatic carbocycles. The van der Waals surface area contributed by atoms with Gasteiger partial charge in [0.1, 0.15) is 0 Å². The number of hydrogen-bond acceptors (Lipinski definition) is 1. The van der Waals surface area contributed by atoms with Crippen LogP contribution in [0.4, 0.5) is 0 Å². The van der Waals surface area contributed by atoms with Crippen LogP contribution in [0.15, 0.2) is 36.9 Å². The molecule has 0 unspecified atom stereocenters. The van der Waals surface area contributed by atoms with Gasteiger partial charge in [0, 0.05) is 6.42 Å². The monoisotopic (exact) mass is 160 g/mol. The third-order valence-electron chi connectivity index (χ3n) is 1.69. The van der Waals surface area contributed by atoms with Crippen LogP contribution in [-0.2, 0) is 11.2 Å². The van der Waals surface area contributed by atoms with Crippen LogP contribution in [0.3, 0.4) is 0 Å². The number of carbonyl (C=O) groups is 1. The van der Waals surface area contributed by atoms with Gasteiger partial charge in [-0.25, -0.2) is 0 Å². The number of hydrogen-bond donors (Lipinski definition) is 0. The molecule has 0 heterocycles. The summed E-state index contributed by atoms with van der Waals surface area (Å²) in [5.74, 6) is 0.0700. The van der Waals surface area contributed by atoms with Crippen molar-refractivity contribution in [3.8, 4) is 0 Å². The molecule has 1 rings (SSSR count). The van der Waals surface area contributed by atoms with Crippen LogP contribution in [0.5, 0.6) is 0 Å². The Kier molecular flexibility index (Phi) is 2.81. The molecule has 0 bridgehead atoms. The fourth-order valence-electron chi connectivity index (χ4n) is 1.10. The first-order chi connectivity index (χ1) is 5.72. The Bertz CT molecular complexity index is 300. The van der Waals surface area contributed by atoms with Crippen molar-refractivity contribution in [1.82, 2.24) is 0 Å². The van der Waals surface area contributed by atoms with E-state index < -0.39 is 0 Å². The number of aryl methyl sites for hydroxylation is 1. The molecule has 0 atom stereocenters. The second-order valence-electron chi connectivity index (χ2n) is 2.84. The molecule has 0 spiro atoms. The van der Waals surface area contributed by atoms with Crippen molar-refractivity contribution < 1.29 is 4.79 Å². The highest BCUT2D eigenvalue weighted by atomic mass is 16.1. The van der Waals surface area contributed by atoms with Gasteiger partial charge in [0.05, 0.1) is 0 Å². The maximum Gasteiger partial charge on any atom is 0.159 e. The van der Waals surface area contributed by atoms with Gasteiger partial charge < -0.3 is 0 Å². The average molecular weight is 160 g/mol. The Balaban J connectivity index is 2.76. The summed E-state index contributed by atoms with van der Waals surface area (Å²) in [5.41, 5.74) is 2.24. The molecule has 1 heteroatoms. The van der Waals surface area contributed by atoms with Gasteiger partial charge in [-0.2, -0.15) is 0 Å². The molecule has 62 valence electrons. The van der Waals surface area contributed by atoms with Crippen molar-refractivity contribution in [3.63, 3.8) is 0 Å². The van der Waals surface area contributed by atoms with Crippen LogP contribution in [0.1, 0.15) is 11.1 Å². The van der Waals surface area contributed by atoms with Gasteiger partial charge >= 0.3 is 0 Å². The summed E-state index contributed by atoms with van der Waals surface area (Å²) < 4.78 is 0. The Morgan fingerprint density at radius 2 is 2.33 bits per heavy atom. The normalized spacial score (nSPS) is 9.42. The van der Waals surface area contributed by atoms with E-state index in [1.54, 1.807) is 0 Å². The molecule has 0 fully saturated rings. The van der Waals surface area contributed by atoms with Gasteiger partial charge in [-0.3, -0.25) is 4.79 Å². The first kappa shape index (κ1) is 8.72. The number of ketones is 1. The molecule has 0 radical (unpaired) electrons. The molecule has 0 amide bonds. The molecular formula is C11H12O. The Hall–Kier alpha value is -1.37. The molecule has 0 N–H and O–H groups in total. The quantitative estimate of drug-likeness (QED) is 0.620. The minimum Gasteiger partial charge on any atom is -0.295 e. The lowest BCUT2D eigenvalue weighted by Gasteiger charge is -1.98. The van der Waals surface area contributed by atoms with Crippen molar-refractivity contribution in [3.05, 3.63) is 48.0 Å². The van der Waals surface area contributed by atoms with Crippen molar-refractivity contribution in [2.45, 2.75) is 13.3 Å². The van der Waals surface area contributed by atoms with Gasteiger partial charge in [0.15, 0.2) is 5.78 Å². The van der Waals surface area contributed by atoms with Gasteiger partial charge in [-0.05, 0) is 18.6 Å². The summed E-state index contributed by atoms with van der Waals surface area (Å²) in [6, 6.07) is 7.94. The van der Waals surface area contributed by atoms with Gasteiger partial charge in [-0.1, -0.05) is 36.4 Å². The second kappa shape index (κ2) is 3.86. The zero-order chi connectivity index (χ0) is 8.97. The molecule has 0 aliphatic rings. The first-order valence-electron chi connectivity index (χ1n) is 3.93. The van der Waals surface area contributed by atoms with Crippen molar-refractivity contribution in [1.29, 1.82) is 0 Å². The predicted molar refractivity (Wildman–Crippen MR) is 50.1 cm³/mol. The van der Waals surface area contributed by atoms with Crippen LogP contribution in [0.2, 0.25) is 0 Å². The van der Waals surface area contributed by atoms with Crippen molar-refractivity contribution in [2.75, 3.05) is 0 Å². The van der Waals surface area contributed by atoms with E-state index in [9.17, 15) is 4.79 Å². The number of carbonyl (C=O) groups excluding carboxylic acids is 1. The molecule has 12 heavy (non-hydrogen) atoms. The van der Waals surface area contributed by atoms with Crippen LogP contribution < -0.4 is 0 Å². The first-order valence-corrected chi connectivity index (χ1v) is 3.93. The molecule has 1 nitrogen and oxygen atoms in total. The molecular weight excluding hydrogens is 148 g/mol. The largest absolute Gasteiger partial charge is 0.295 e. The van der Waals surface area contributed by atoms with E-state index in [2.05, 4.69) is 6.58 Å². The highest BCUT2D eigenvalue weighted by Gasteiger charge is 1.97. The topological polar surface area (TPSA) is 17.1 Å². The van der Waals surface area contributed by atoms with Crippen molar-refractivity contribution >= 4 is 5.78 Å². The summed E-state index contributed by atoms with van der Waals surface area (Å²) in [6.07, 6.45) is 1.83. The zero-order valence-corrected chi connectivity index (χ0v) is 7.21. The lowest BCUT2D eigenvalue weighted by molar-refractivity contribution is -0.114. The van der Waals surface area contributed by atoms with Crippen molar-refractivity contribution in [2.24, 2.45) is 0 Å². The van der Waals surface area contributed by atoms with Crippen LogP contribution >= 0.6 is 0 Å². The molecule has 0 aliphatic carbocycles.